The van der Waals surface area contributed by atoms with Gasteiger partial charge < -0.3 is 14.9 Å². The summed E-state index contributed by atoms with van der Waals surface area (Å²) in [7, 11) is -4.46. The van der Waals surface area contributed by atoms with Crippen LogP contribution in [-0.2, 0) is 4.57 Å². The molecule has 3 N–H and O–H groups in total. The molecule has 0 radical (unpaired) electrons. The molecule has 10 heteroatoms. The fourth-order valence-corrected chi connectivity index (χ4v) is 7.46. The Morgan fingerprint density at radius 1 is 0.481 bits per heavy atom. The van der Waals surface area contributed by atoms with Crippen LogP contribution in [0.2, 0.25) is 0 Å². The van der Waals surface area contributed by atoms with Gasteiger partial charge in [0.1, 0.15) is 0 Å². The van der Waals surface area contributed by atoms with Gasteiger partial charge in [-0.1, -0.05) is 84.4 Å². The highest BCUT2D eigenvalue weighted by molar-refractivity contribution is 7.60. The zero-order chi connectivity index (χ0) is 37.1. The van der Waals surface area contributed by atoms with Crippen molar-refractivity contribution < 1.29 is 24.3 Å². The standard InChI is InChI=1S/C44H29N4O5P/c1-25-4-2-5-30(20-25)36-16-12-26-8-10-28-14-18-38(47-42(28)40(26)45-36)32-21-33(23-34(22-32)44(49)50)39-19-15-29-11-9-27-13-17-37(46-41(27)43(29)48-39)31-6-3-7-35(24-31)54(51,52)53/h2-24H,1H3,(H,49,50)(H2,51,52,53). The molecule has 0 fully saturated rings. The highest BCUT2D eigenvalue weighted by Gasteiger charge is 2.19. The van der Waals surface area contributed by atoms with Crippen LogP contribution in [0.4, 0.5) is 0 Å². The second-order valence-electron chi connectivity index (χ2n) is 13.3. The lowest BCUT2D eigenvalue weighted by molar-refractivity contribution is 0.0697. The number of aromatic carboxylic acids is 1. The number of pyridine rings is 4. The van der Waals surface area contributed by atoms with E-state index < -0.39 is 13.6 Å². The number of carboxylic acids is 1. The molecule has 9 nitrogen and oxygen atoms in total. The van der Waals surface area contributed by atoms with Gasteiger partial charge in [-0.25, -0.2) is 24.7 Å². The van der Waals surface area contributed by atoms with Gasteiger partial charge in [-0.3, -0.25) is 4.57 Å². The Bertz CT molecular complexity index is 3070. The maximum absolute atomic E-state index is 12.5. The van der Waals surface area contributed by atoms with E-state index in [0.717, 1.165) is 43.9 Å². The smallest absolute Gasteiger partial charge is 0.356 e. The van der Waals surface area contributed by atoms with Crippen molar-refractivity contribution in [2.75, 3.05) is 0 Å². The molecule has 0 unspecified atom stereocenters. The van der Waals surface area contributed by atoms with Crippen LogP contribution in [-0.4, -0.2) is 40.8 Å². The minimum absolute atomic E-state index is 0.0901. The first-order valence-corrected chi connectivity index (χ1v) is 18.7. The number of fused-ring (bicyclic) bond motifs is 6. The van der Waals surface area contributed by atoms with E-state index in [4.69, 9.17) is 19.9 Å². The lowest BCUT2D eigenvalue weighted by atomic mass is 9.99. The summed E-state index contributed by atoms with van der Waals surface area (Å²) >= 11 is 0. The third-order valence-corrected chi connectivity index (χ3v) is 10.6. The van der Waals surface area contributed by atoms with Gasteiger partial charge >= 0.3 is 13.6 Å². The third kappa shape index (κ3) is 6.06. The van der Waals surface area contributed by atoms with Crippen LogP contribution < -0.4 is 5.30 Å². The van der Waals surface area contributed by atoms with Crippen molar-refractivity contribution >= 4 is 62.5 Å². The van der Waals surface area contributed by atoms with E-state index in [1.165, 1.54) is 12.1 Å². The highest BCUT2D eigenvalue weighted by atomic mass is 31.2. The normalized spacial score (nSPS) is 11.8. The molecule has 0 saturated heterocycles. The molecular formula is C44H29N4O5P. The number of aromatic nitrogens is 4. The lowest BCUT2D eigenvalue weighted by Gasteiger charge is -2.12. The molecule has 0 aliphatic rings. The second kappa shape index (κ2) is 12.8. The van der Waals surface area contributed by atoms with E-state index >= 15 is 0 Å². The number of benzene rings is 5. The molecule has 4 aromatic heterocycles. The van der Waals surface area contributed by atoms with E-state index in [-0.39, 0.29) is 10.9 Å². The van der Waals surface area contributed by atoms with Crippen LogP contribution in [0.25, 0.3) is 88.6 Å². The quantitative estimate of drug-likeness (QED) is 0.113. The Labute approximate surface area is 308 Å². The Morgan fingerprint density at radius 2 is 0.870 bits per heavy atom. The van der Waals surface area contributed by atoms with E-state index in [1.807, 2.05) is 84.9 Å². The number of hydrogen-bond acceptors (Lipinski definition) is 6. The van der Waals surface area contributed by atoms with Gasteiger partial charge in [0.25, 0.3) is 0 Å². The fourth-order valence-electron chi connectivity index (χ4n) is 6.88. The zero-order valence-corrected chi connectivity index (χ0v) is 29.6. The number of hydrogen-bond donors (Lipinski definition) is 3. The minimum atomic E-state index is -4.46. The SMILES string of the molecule is Cc1cccc(-c2ccc3ccc4ccc(-c5cc(C(=O)O)cc(-c6ccc7ccc8ccc(-c9cccc(P(=O)(O)O)c9)nc8c7n6)c5)nc4c3n2)c1. The van der Waals surface area contributed by atoms with Gasteiger partial charge in [-0.05, 0) is 67.6 Å². The topological polar surface area (TPSA) is 146 Å². The first-order valence-electron chi connectivity index (χ1n) is 17.1. The molecule has 0 bridgehead atoms. The molecule has 260 valence electrons. The predicted molar refractivity (Wildman–Crippen MR) is 213 cm³/mol. The van der Waals surface area contributed by atoms with Gasteiger partial charge in [-0.15, -0.1) is 0 Å². The Balaban J connectivity index is 1.18. The van der Waals surface area contributed by atoms with Crippen LogP contribution in [0.15, 0.2) is 140 Å². The summed E-state index contributed by atoms with van der Waals surface area (Å²) in [6.45, 7) is 2.05. The zero-order valence-electron chi connectivity index (χ0n) is 28.7. The van der Waals surface area contributed by atoms with Gasteiger partial charge in [-0.2, -0.15) is 0 Å². The summed E-state index contributed by atoms with van der Waals surface area (Å²) < 4.78 is 12.0. The maximum atomic E-state index is 12.5. The van der Waals surface area contributed by atoms with E-state index in [1.54, 1.807) is 30.3 Å². The molecule has 0 saturated carbocycles. The highest BCUT2D eigenvalue weighted by Crippen LogP contribution is 2.36. The van der Waals surface area contributed by atoms with Crippen molar-refractivity contribution in [2.45, 2.75) is 6.92 Å². The summed E-state index contributed by atoms with van der Waals surface area (Å²) in [5.74, 6) is -1.08. The van der Waals surface area contributed by atoms with Gasteiger partial charge in [0, 0.05) is 43.8 Å². The van der Waals surface area contributed by atoms with Gasteiger partial charge in [0.2, 0.25) is 0 Å². The van der Waals surface area contributed by atoms with Crippen molar-refractivity contribution in [3.63, 3.8) is 0 Å². The molecule has 0 aliphatic heterocycles. The summed E-state index contributed by atoms with van der Waals surface area (Å²) in [4.78, 5) is 52.0. The van der Waals surface area contributed by atoms with Crippen LogP contribution in [0.5, 0.6) is 0 Å². The molecule has 4 heterocycles. The molecule has 0 aliphatic carbocycles. The van der Waals surface area contributed by atoms with E-state index in [0.29, 0.717) is 50.3 Å². The monoisotopic (exact) mass is 724 g/mol. The van der Waals surface area contributed by atoms with Crippen LogP contribution in [0.3, 0.4) is 0 Å². The van der Waals surface area contributed by atoms with Crippen molar-refractivity contribution in [2.24, 2.45) is 0 Å². The Kier molecular flexibility index (Phi) is 7.87. The fraction of sp³-hybridized carbons (Fsp3) is 0.0227. The molecule has 9 rings (SSSR count). The van der Waals surface area contributed by atoms with E-state index in [2.05, 4.69) is 19.1 Å². The number of carbonyl (C=O) groups is 1. The lowest BCUT2D eigenvalue weighted by Crippen LogP contribution is -2.03. The van der Waals surface area contributed by atoms with Gasteiger partial charge in [0.15, 0.2) is 0 Å². The predicted octanol–water partition coefficient (Wildman–Crippen LogP) is 9.36. The average molecular weight is 725 g/mol. The van der Waals surface area contributed by atoms with Gasteiger partial charge in [0.05, 0.1) is 55.7 Å². The average Bonchev–Trinajstić information content (AvgIpc) is 3.19. The molecule has 54 heavy (non-hydrogen) atoms. The third-order valence-electron chi connectivity index (χ3n) is 9.60. The van der Waals surface area contributed by atoms with Crippen molar-refractivity contribution in [3.05, 3.63) is 151 Å². The first-order chi connectivity index (χ1) is 26.1. The summed E-state index contributed by atoms with van der Waals surface area (Å²) in [6, 6.07) is 42.8. The molecule has 0 atom stereocenters. The first kappa shape index (κ1) is 33.2. The Morgan fingerprint density at radius 3 is 1.28 bits per heavy atom. The summed E-state index contributed by atoms with van der Waals surface area (Å²) in [5.41, 5.74) is 9.19. The van der Waals surface area contributed by atoms with Crippen molar-refractivity contribution in [1.82, 2.24) is 19.9 Å². The molecule has 0 spiro atoms. The number of rotatable bonds is 6. The largest absolute Gasteiger partial charge is 0.478 e. The van der Waals surface area contributed by atoms with Crippen molar-refractivity contribution in [1.29, 1.82) is 0 Å². The van der Waals surface area contributed by atoms with Crippen LogP contribution in [0.1, 0.15) is 15.9 Å². The minimum Gasteiger partial charge on any atom is -0.478 e. The van der Waals surface area contributed by atoms with Crippen LogP contribution >= 0.6 is 7.60 Å². The number of nitrogens with zero attached hydrogens (tertiary/aromatic N) is 4. The van der Waals surface area contributed by atoms with Crippen LogP contribution in [0, 0.1) is 6.92 Å². The van der Waals surface area contributed by atoms with E-state index in [9.17, 15) is 24.3 Å². The summed E-state index contributed by atoms with van der Waals surface area (Å²) in [5, 5.41) is 13.6. The molecule has 5 aromatic carbocycles. The Hall–Kier alpha value is -6.64. The maximum Gasteiger partial charge on any atom is 0.356 e. The summed E-state index contributed by atoms with van der Waals surface area (Å²) in [6.07, 6.45) is 0. The molecule has 0 amide bonds. The molecule has 9 aromatic rings. The molecular weight excluding hydrogens is 695 g/mol. The number of carboxylic acid groups (broad SMARTS) is 1. The van der Waals surface area contributed by atoms with Crippen molar-refractivity contribution in [3.8, 4) is 45.0 Å². The number of aryl methyl sites for hydroxylation is 1. The second-order valence-corrected chi connectivity index (χ2v) is 14.9.